The number of likely N-dealkylation sites (N-methyl/N-ethyl adjacent to an activating group) is 1. The average molecular weight is 249 g/mol. The van der Waals surface area contributed by atoms with Crippen molar-refractivity contribution in [2.75, 3.05) is 32.6 Å². The fourth-order valence-electron chi connectivity index (χ4n) is 2.13. The van der Waals surface area contributed by atoms with E-state index in [1.54, 1.807) is 0 Å². The van der Waals surface area contributed by atoms with Crippen LogP contribution in [0.3, 0.4) is 0 Å². The summed E-state index contributed by atoms with van der Waals surface area (Å²) in [5, 5.41) is 0. The molecule has 0 amide bonds. The molecule has 0 aliphatic heterocycles. The largest absolute Gasteiger partial charge is 0.378 e. The molecule has 18 heavy (non-hydrogen) atoms. The number of anilines is 1. The van der Waals surface area contributed by atoms with Crippen LogP contribution < -0.4 is 10.6 Å². The predicted octanol–water partition coefficient (Wildman–Crippen LogP) is 2.48. The summed E-state index contributed by atoms with van der Waals surface area (Å²) in [6.45, 7) is 5.11. The molecule has 2 unspecified atom stereocenters. The van der Waals surface area contributed by atoms with Gasteiger partial charge in [0.25, 0.3) is 0 Å². The van der Waals surface area contributed by atoms with E-state index in [1.807, 2.05) is 0 Å². The van der Waals surface area contributed by atoms with E-state index in [0.29, 0.717) is 18.6 Å². The summed E-state index contributed by atoms with van der Waals surface area (Å²) in [6.07, 6.45) is 1.14. The van der Waals surface area contributed by atoms with Crippen molar-refractivity contribution in [3.63, 3.8) is 0 Å². The van der Waals surface area contributed by atoms with Crippen molar-refractivity contribution < 1.29 is 0 Å². The predicted molar refractivity (Wildman–Crippen MR) is 80.1 cm³/mol. The van der Waals surface area contributed by atoms with Crippen LogP contribution in [0.4, 0.5) is 5.69 Å². The fraction of sp³-hybridized carbons (Fsp3) is 0.600. The lowest BCUT2D eigenvalue weighted by Gasteiger charge is -2.32. The van der Waals surface area contributed by atoms with Crippen LogP contribution in [0, 0.1) is 0 Å². The van der Waals surface area contributed by atoms with Gasteiger partial charge in [0.1, 0.15) is 0 Å². The SMILES string of the molecule is CCC(C)N(C)C(CN)c1ccc(N(C)C)cc1. The smallest absolute Gasteiger partial charge is 0.0470 e. The maximum absolute atomic E-state index is 5.94. The van der Waals surface area contributed by atoms with Crippen LogP contribution in [0.5, 0.6) is 0 Å². The quantitative estimate of drug-likeness (QED) is 0.840. The summed E-state index contributed by atoms with van der Waals surface area (Å²) in [5.41, 5.74) is 8.46. The molecular weight excluding hydrogens is 222 g/mol. The van der Waals surface area contributed by atoms with Crippen molar-refractivity contribution >= 4 is 5.69 Å². The van der Waals surface area contributed by atoms with E-state index in [1.165, 1.54) is 11.3 Å². The zero-order valence-corrected chi connectivity index (χ0v) is 12.4. The maximum Gasteiger partial charge on any atom is 0.0470 e. The Hall–Kier alpha value is -1.06. The van der Waals surface area contributed by atoms with Gasteiger partial charge < -0.3 is 10.6 Å². The lowest BCUT2D eigenvalue weighted by atomic mass is 10.0. The molecule has 0 saturated heterocycles. The van der Waals surface area contributed by atoms with E-state index in [-0.39, 0.29) is 0 Å². The number of benzene rings is 1. The molecule has 0 aliphatic rings. The first-order valence-corrected chi connectivity index (χ1v) is 6.70. The summed E-state index contributed by atoms with van der Waals surface area (Å²) < 4.78 is 0. The van der Waals surface area contributed by atoms with Crippen molar-refractivity contribution in [3.8, 4) is 0 Å². The van der Waals surface area contributed by atoms with Crippen LogP contribution in [0.15, 0.2) is 24.3 Å². The van der Waals surface area contributed by atoms with Gasteiger partial charge >= 0.3 is 0 Å². The topological polar surface area (TPSA) is 32.5 Å². The average Bonchev–Trinajstić information content (AvgIpc) is 2.39. The molecule has 102 valence electrons. The number of hydrogen-bond donors (Lipinski definition) is 1. The van der Waals surface area contributed by atoms with Crippen molar-refractivity contribution in [1.82, 2.24) is 4.90 Å². The van der Waals surface area contributed by atoms with Gasteiger partial charge in [-0.2, -0.15) is 0 Å². The van der Waals surface area contributed by atoms with Gasteiger partial charge in [0.05, 0.1) is 0 Å². The van der Waals surface area contributed by atoms with Gasteiger partial charge in [-0.3, -0.25) is 4.90 Å². The minimum Gasteiger partial charge on any atom is -0.378 e. The number of hydrogen-bond acceptors (Lipinski definition) is 3. The Morgan fingerprint density at radius 2 is 1.67 bits per heavy atom. The highest BCUT2D eigenvalue weighted by atomic mass is 15.2. The Kier molecular flexibility index (Phi) is 5.63. The molecule has 0 spiro atoms. The second kappa shape index (κ2) is 6.76. The third kappa shape index (κ3) is 3.47. The van der Waals surface area contributed by atoms with Gasteiger partial charge in [-0.1, -0.05) is 19.1 Å². The Bertz CT molecular complexity index is 345. The highest BCUT2D eigenvalue weighted by Gasteiger charge is 2.19. The molecule has 0 aromatic heterocycles. The van der Waals surface area contributed by atoms with Crippen molar-refractivity contribution in [1.29, 1.82) is 0 Å². The summed E-state index contributed by atoms with van der Waals surface area (Å²) in [5.74, 6) is 0. The number of rotatable bonds is 6. The lowest BCUT2D eigenvalue weighted by Crippen LogP contribution is -2.36. The van der Waals surface area contributed by atoms with Gasteiger partial charge in [0, 0.05) is 38.4 Å². The maximum atomic E-state index is 5.94. The molecule has 1 aromatic carbocycles. The van der Waals surface area contributed by atoms with E-state index in [4.69, 9.17) is 5.73 Å². The van der Waals surface area contributed by atoms with Crippen LogP contribution in [0.25, 0.3) is 0 Å². The van der Waals surface area contributed by atoms with Crippen LogP contribution in [0.1, 0.15) is 31.9 Å². The molecule has 1 aromatic rings. The van der Waals surface area contributed by atoms with Crippen molar-refractivity contribution in [2.45, 2.75) is 32.4 Å². The van der Waals surface area contributed by atoms with Crippen LogP contribution in [0.2, 0.25) is 0 Å². The zero-order chi connectivity index (χ0) is 13.7. The first kappa shape index (κ1) is 15.0. The molecule has 0 heterocycles. The fourth-order valence-corrected chi connectivity index (χ4v) is 2.13. The van der Waals surface area contributed by atoms with E-state index in [0.717, 1.165) is 6.42 Å². The van der Waals surface area contributed by atoms with Gasteiger partial charge in [-0.25, -0.2) is 0 Å². The standard InChI is InChI=1S/C15H27N3/c1-6-12(2)18(5)15(11-16)13-7-9-14(10-8-13)17(3)4/h7-10,12,15H,6,11,16H2,1-5H3. The highest BCUT2D eigenvalue weighted by Crippen LogP contribution is 2.23. The molecule has 2 atom stereocenters. The summed E-state index contributed by atoms with van der Waals surface area (Å²) in [6, 6.07) is 9.53. The Labute approximate surface area is 112 Å². The summed E-state index contributed by atoms with van der Waals surface area (Å²) >= 11 is 0. The molecular formula is C15H27N3. The normalized spacial score (nSPS) is 14.6. The monoisotopic (exact) mass is 249 g/mol. The third-order valence-corrected chi connectivity index (χ3v) is 3.80. The first-order chi connectivity index (χ1) is 8.51. The second-order valence-electron chi connectivity index (χ2n) is 5.16. The van der Waals surface area contributed by atoms with Crippen molar-refractivity contribution in [3.05, 3.63) is 29.8 Å². The zero-order valence-electron chi connectivity index (χ0n) is 12.4. The van der Waals surface area contributed by atoms with E-state index in [2.05, 4.69) is 69.1 Å². The highest BCUT2D eigenvalue weighted by molar-refractivity contribution is 5.46. The summed E-state index contributed by atoms with van der Waals surface area (Å²) in [7, 11) is 6.27. The molecule has 0 aliphatic carbocycles. The molecule has 0 radical (unpaired) electrons. The second-order valence-corrected chi connectivity index (χ2v) is 5.16. The Balaban J connectivity index is 2.88. The van der Waals surface area contributed by atoms with Crippen LogP contribution in [-0.2, 0) is 0 Å². The van der Waals surface area contributed by atoms with Crippen molar-refractivity contribution in [2.24, 2.45) is 5.73 Å². The summed E-state index contributed by atoms with van der Waals surface area (Å²) in [4.78, 5) is 4.48. The van der Waals surface area contributed by atoms with E-state index in [9.17, 15) is 0 Å². The van der Waals surface area contributed by atoms with Gasteiger partial charge in [-0.15, -0.1) is 0 Å². The molecule has 2 N–H and O–H groups in total. The number of nitrogens with zero attached hydrogens (tertiary/aromatic N) is 2. The molecule has 0 saturated carbocycles. The minimum absolute atomic E-state index is 0.302. The first-order valence-electron chi connectivity index (χ1n) is 6.70. The third-order valence-electron chi connectivity index (χ3n) is 3.80. The lowest BCUT2D eigenvalue weighted by molar-refractivity contribution is 0.185. The Morgan fingerprint density at radius 3 is 2.06 bits per heavy atom. The van der Waals surface area contributed by atoms with E-state index >= 15 is 0 Å². The van der Waals surface area contributed by atoms with Gasteiger partial charge in [-0.05, 0) is 38.1 Å². The molecule has 1 rings (SSSR count). The Morgan fingerprint density at radius 1 is 1.11 bits per heavy atom. The number of nitrogens with two attached hydrogens (primary N) is 1. The van der Waals surface area contributed by atoms with Crippen LogP contribution >= 0.6 is 0 Å². The molecule has 0 bridgehead atoms. The van der Waals surface area contributed by atoms with E-state index < -0.39 is 0 Å². The molecule has 3 nitrogen and oxygen atoms in total. The molecule has 3 heteroatoms. The van der Waals surface area contributed by atoms with Gasteiger partial charge in [0.15, 0.2) is 0 Å². The molecule has 0 fully saturated rings. The minimum atomic E-state index is 0.302. The van der Waals surface area contributed by atoms with Gasteiger partial charge in [0.2, 0.25) is 0 Å². The van der Waals surface area contributed by atoms with Crippen LogP contribution in [-0.4, -0.2) is 38.6 Å².